The van der Waals surface area contributed by atoms with Crippen molar-refractivity contribution in [2.45, 2.75) is 46.5 Å². The topological polar surface area (TPSA) is 60.9 Å². The first-order valence-electron chi connectivity index (χ1n) is 12.4. The number of ether oxygens (including phenoxy) is 3. The third kappa shape index (κ3) is 6.17. The first kappa shape index (κ1) is 26.6. The van der Waals surface area contributed by atoms with Gasteiger partial charge in [-0.05, 0) is 80.7 Å². The van der Waals surface area contributed by atoms with Crippen LogP contribution in [0.4, 0.5) is 4.79 Å². The van der Waals surface area contributed by atoms with E-state index in [1.54, 1.807) is 13.1 Å². The molecule has 1 aliphatic carbocycles. The molecule has 0 spiro atoms. The number of carbonyl (C=O) groups excluding carboxylic acids is 1. The Morgan fingerprint density at radius 2 is 1.86 bits per heavy atom. The molecule has 188 valence electrons. The summed E-state index contributed by atoms with van der Waals surface area (Å²) in [7, 11) is 0. The standard InChI is InChI=1S/C26H29ClN2O4.C2H6/c1-4-31-17(3)29-13-10-18(11-14-29)24-21-9-8-20(27)15-19(21)16-23(33-26(30)32-5-2)22-7-6-12-28-25(22)24;1-2/h6-9,12,15-16,18,24H,3-5,10-11,13-14H2,1-2H3;1-2H3. The van der Waals surface area contributed by atoms with Crippen molar-refractivity contribution in [2.75, 3.05) is 26.3 Å². The van der Waals surface area contributed by atoms with Crippen molar-refractivity contribution in [1.82, 2.24) is 9.88 Å². The summed E-state index contributed by atoms with van der Waals surface area (Å²) in [5, 5.41) is 0.626. The molecule has 2 aromatic rings. The molecule has 0 N–H and O–H groups in total. The van der Waals surface area contributed by atoms with Gasteiger partial charge in [-0.15, -0.1) is 0 Å². The summed E-state index contributed by atoms with van der Waals surface area (Å²) in [6, 6.07) is 9.69. The number of pyridine rings is 1. The summed E-state index contributed by atoms with van der Waals surface area (Å²) < 4.78 is 16.3. The van der Waals surface area contributed by atoms with Gasteiger partial charge in [-0.2, -0.15) is 0 Å². The van der Waals surface area contributed by atoms with E-state index in [1.165, 1.54) is 0 Å². The smallest absolute Gasteiger partial charge is 0.480 e. The average molecular weight is 499 g/mol. The van der Waals surface area contributed by atoms with Crippen LogP contribution >= 0.6 is 11.6 Å². The van der Waals surface area contributed by atoms with Gasteiger partial charge in [0.15, 0.2) is 5.88 Å². The van der Waals surface area contributed by atoms with E-state index in [4.69, 9.17) is 30.8 Å². The van der Waals surface area contributed by atoms with E-state index in [0.29, 0.717) is 23.3 Å². The quantitative estimate of drug-likeness (QED) is 0.312. The number of hydrogen-bond donors (Lipinski definition) is 0. The lowest BCUT2D eigenvalue weighted by Crippen LogP contribution is -2.36. The monoisotopic (exact) mass is 498 g/mol. The Kier molecular flexibility index (Phi) is 9.61. The van der Waals surface area contributed by atoms with Gasteiger partial charge in [0.2, 0.25) is 0 Å². The van der Waals surface area contributed by atoms with Gasteiger partial charge in [0.25, 0.3) is 0 Å². The van der Waals surface area contributed by atoms with E-state index in [0.717, 1.165) is 54.2 Å². The molecule has 7 heteroatoms. The van der Waals surface area contributed by atoms with Crippen LogP contribution in [0.1, 0.15) is 68.8 Å². The van der Waals surface area contributed by atoms with E-state index < -0.39 is 6.16 Å². The van der Waals surface area contributed by atoms with Gasteiger partial charge in [-0.3, -0.25) is 4.98 Å². The third-order valence-electron chi connectivity index (χ3n) is 6.20. The molecule has 2 heterocycles. The minimum Gasteiger partial charge on any atom is -0.480 e. The van der Waals surface area contributed by atoms with Crippen LogP contribution < -0.4 is 0 Å². The number of aromatic nitrogens is 1. The maximum atomic E-state index is 12.2. The van der Waals surface area contributed by atoms with Crippen LogP contribution in [0.2, 0.25) is 5.02 Å². The molecule has 4 rings (SSSR count). The molecule has 0 radical (unpaired) electrons. The Bertz CT molecular complexity index is 1060. The van der Waals surface area contributed by atoms with E-state index in [-0.39, 0.29) is 12.5 Å². The van der Waals surface area contributed by atoms with Crippen LogP contribution in [-0.2, 0) is 14.2 Å². The summed E-state index contributed by atoms with van der Waals surface area (Å²) in [4.78, 5) is 19.2. The fraction of sp³-hybridized carbons (Fsp3) is 0.429. The van der Waals surface area contributed by atoms with Crippen LogP contribution in [-0.4, -0.2) is 42.3 Å². The third-order valence-corrected chi connectivity index (χ3v) is 6.43. The van der Waals surface area contributed by atoms with Crippen molar-refractivity contribution in [1.29, 1.82) is 0 Å². The maximum Gasteiger partial charge on any atom is 0.513 e. The molecule has 2 aliphatic rings. The highest BCUT2D eigenvalue weighted by atomic mass is 35.5. The largest absolute Gasteiger partial charge is 0.513 e. The number of hydrogen-bond acceptors (Lipinski definition) is 6. The zero-order chi connectivity index (χ0) is 25.4. The van der Waals surface area contributed by atoms with E-state index in [9.17, 15) is 4.79 Å². The lowest BCUT2D eigenvalue weighted by Gasteiger charge is -2.38. The highest BCUT2D eigenvalue weighted by Crippen LogP contribution is 2.45. The molecule has 1 fully saturated rings. The summed E-state index contributed by atoms with van der Waals surface area (Å²) >= 11 is 6.35. The van der Waals surface area contributed by atoms with Gasteiger partial charge in [-0.25, -0.2) is 4.79 Å². The predicted octanol–water partition coefficient (Wildman–Crippen LogP) is 7.10. The molecule has 1 saturated heterocycles. The van der Waals surface area contributed by atoms with Crippen molar-refractivity contribution < 1.29 is 19.0 Å². The van der Waals surface area contributed by atoms with Gasteiger partial charge in [0.05, 0.1) is 18.9 Å². The number of rotatable bonds is 6. The van der Waals surface area contributed by atoms with Gasteiger partial charge in [0, 0.05) is 35.8 Å². The van der Waals surface area contributed by atoms with Crippen LogP contribution in [0.25, 0.3) is 11.8 Å². The molecule has 1 unspecified atom stereocenters. The molecule has 1 aliphatic heterocycles. The lowest BCUT2D eigenvalue weighted by molar-refractivity contribution is 0.0924. The number of carbonyl (C=O) groups is 1. The first-order valence-corrected chi connectivity index (χ1v) is 12.8. The molecule has 1 atom stereocenters. The molecule has 35 heavy (non-hydrogen) atoms. The van der Waals surface area contributed by atoms with Gasteiger partial charge in [-0.1, -0.05) is 31.5 Å². The van der Waals surface area contributed by atoms with E-state index in [2.05, 4.69) is 17.5 Å². The zero-order valence-electron chi connectivity index (χ0n) is 21.1. The fourth-order valence-electron chi connectivity index (χ4n) is 4.73. The summed E-state index contributed by atoms with van der Waals surface area (Å²) in [5.41, 5.74) is 3.75. The van der Waals surface area contributed by atoms with Gasteiger partial charge < -0.3 is 19.1 Å². The molecule has 1 aromatic heterocycles. The maximum absolute atomic E-state index is 12.2. The van der Waals surface area contributed by atoms with Crippen LogP contribution in [0, 0.1) is 5.92 Å². The summed E-state index contributed by atoms with van der Waals surface area (Å²) in [5.74, 6) is 1.54. The Morgan fingerprint density at radius 1 is 1.14 bits per heavy atom. The number of fused-ring (bicyclic) bond motifs is 2. The minimum atomic E-state index is -0.733. The summed E-state index contributed by atoms with van der Waals surface area (Å²) in [6.45, 7) is 14.4. The van der Waals surface area contributed by atoms with E-state index >= 15 is 0 Å². The fourth-order valence-corrected chi connectivity index (χ4v) is 4.91. The van der Waals surface area contributed by atoms with Crippen LogP contribution in [0.5, 0.6) is 0 Å². The molecular formula is C28H35ClN2O4. The Labute approximate surface area is 213 Å². The van der Waals surface area contributed by atoms with Gasteiger partial charge >= 0.3 is 6.16 Å². The molecule has 0 amide bonds. The molecule has 1 aromatic carbocycles. The number of likely N-dealkylation sites (tertiary alicyclic amines) is 1. The van der Waals surface area contributed by atoms with Crippen molar-refractivity contribution >= 4 is 29.6 Å². The Morgan fingerprint density at radius 3 is 2.54 bits per heavy atom. The van der Waals surface area contributed by atoms with Crippen molar-refractivity contribution in [2.24, 2.45) is 5.92 Å². The minimum absolute atomic E-state index is 0.0375. The lowest BCUT2D eigenvalue weighted by atomic mass is 9.76. The van der Waals surface area contributed by atoms with Gasteiger partial charge in [0.1, 0.15) is 5.76 Å². The van der Waals surface area contributed by atoms with Crippen LogP contribution in [0.3, 0.4) is 0 Å². The molecule has 0 bridgehead atoms. The average Bonchev–Trinajstić information content (AvgIpc) is 3.00. The zero-order valence-corrected chi connectivity index (χ0v) is 21.8. The second kappa shape index (κ2) is 12.6. The van der Waals surface area contributed by atoms with Crippen molar-refractivity contribution in [3.8, 4) is 0 Å². The highest BCUT2D eigenvalue weighted by Gasteiger charge is 2.35. The Hall–Kier alpha value is -2.99. The normalized spacial score (nSPS) is 17.0. The predicted molar refractivity (Wildman–Crippen MR) is 140 cm³/mol. The number of nitrogens with zero attached hydrogens (tertiary/aromatic N) is 2. The SMILES string of the molecule is C=C(OCC)N1CCC(C2c3ccc(Cl)cc3C=C(OC(=O)OCC)c3cccnc32)CC1.CC. The number of piperidine rings is 1. The second-order valence-corrected chi connectivity index (χ2v) is 8.57. The van der Waals surface area contributed by atoms with Crippen molar-refractivity contribution in [3.63, 3.8) is 0 Å². The Balaban J connectivity index is 0.00000167. The first-order chi connectivity index (χ1) is 17.0. The van der Waals surface area contributed by atoms with E-state index in [1.807, 2.05) is 51.1 Å². The summed E-state index contributed by atoms with van der Waals surface area (Å²) in [6.07, 6.45) is 4.85. The second-order valence-electron chi connectivity index (χ2n) is 8.13. The molecule has 0 saturated carbocycles. The number of halogens is 1. The molecular weight excluding hydrogens is 464 g/mol. The number of benzene rings is 1. The highest BCUT2D eigenvalue weighted by molar-refractivity contribution is 6.30. The molecule has 6 nitrogen and oxygen atoms in total. The van der Waals surface area contributed by atoms with Crippen molar-refractivity contribution in [3.05, 3.63) is 76.4 Å². The van der Waals surface area contributed by atoms with Crippen LogP contribution in [0.15, 0.2) is 49.0 Å².